The van der Waals surface area contributed by atoms with Crippen LogP contribution in [0.15, 0.2) is 170 Å². The molecule has 2 nitrogen and oxygen atoms in total. The molecular formula is C42H34N2. The Morgan fingerprint density at radius 3 is 1.27 bits per heavy atom. The summed E-state index contributed by atoms with van der Waals surface area (Å²) in [6, 6.07) is 60.8. The Hall–Kier alpha value is -5.60. The highest BCUT2D eigenvalue weighted by Crippen LogP contribution is 2.40. The number of anilines is 4. The van der Waals surface area contributed by atoms with Crippen molar-refractivity contribution in [1.29, 1.82) is 0 Å². The molecule has 0 N–H and O–H groups in total. The van der Waals surface area contributed by atoms with E-state index >= 15 is 0 Å². The number of fused-ring (bicyclic) bond motifs is 1. The summed E-state index contributed by atoms with van der Waals surface area (Å²) in [6.45, 7) is 0. The summed E-state index contributed by atoms with van der Waals surface area (Å²) in [6.07, 6.45) is 0. The lowest BCUT2D eigenvalue weighted by atomic mass is 9.93. The average Bonchev–Trinajstić information content (AvgIpc) is 3.11. The van der Waals surface area contributed by atoms with Gasteiger partial charge in [0.1, 0.15) is 0 Å². The van der Waals surface area contributed by atoms with Gasteiger partial charge in [0.2, 0.25) is 0 Å². The monoisotopic (exact) mass is 566 g/mol. The zero-order valence-corrected chi connectivity index (χ0v) is 25.1. The molecule has 0 saturated heterocycles. The molecule has 0 heterocycles. The third kappa shape index (κ3) is 5.34. The zero-order chi connectivity index (χ0) is 29.9. The third-order valence-electron chi connectivity index (χ3n) is 8.54. The van der Waals surface area contributed by atoms with Crippen LogP contribution >= 0.6 is 0 Å². The van der Waals surface area contributed by atoms with Crippen LogP contribution in [-0.4, -0.2) is 14.1 Å². The lowest BCUT2D eigenvalue weighted by molar-refractivity contribution is 1.21. The molecule has 0 unspecified atom stereocenters. The van der Waals surface area contributed by atoms with Gasteiger partial charge in [-0.05, 0) is 81.1 Å². The quantitative estimate of drug-likeness (QED) is 0.189. The molecular weight excluding hydrogens is 532 g/mol. The van der Waals surface area contributed by atoms with E-state index in [1.165, 1.54) is 66.9 Å². The Morgan fingerprint density at radius 1 is 0.318 bits per heavy atom. The second-order valence-electron chi connectivity index (χ2n) is 11.2. The summed E-state index contributed by atoms with van der Waals surface area (Å²) in [5, 5.41) is 2.50. The standard InChI is InChI=1S/C42H34N2/c1-43(37-12-5-3-6-13-37)39-28-25-34(26-29-39)32-19-17-31(18-20-32)33-21-23-36(24-22-33)42-40-16-10-9-11-35(40)27-30-41(42)44(2)38-14-7-4-8-15-38/h3-30H,1-2H3. The molecule has 0 aromatic heterocycles. The molecule has 0 saturated carbocycles. The van der Waals surface area contributed by atoms with E-state index in [1.54, 1.807) is 0 Å². The van der Waals surface area contributed by atoms with Gasteiger partial charge < -0.3 is 9.80 Å². The first-order chi connectivity index (χ1) is 21.7. The largest absolute Gasteiger partial charge is 0.345 e. The molecule has 0 amide bonds. The van der Waals surface area contributed by atoms with Gasteiger partial charge in [-0.25, -0.2) is 0 Å². The minimum Gasteiger partial charge on any atom is -0.345 e. The van der Waals surface area contributed by atoms with Gasteiger partial charge in [-0.15, -0.1) is 0 Å². The van der Waals surface area contributed by atoms with Gasteiger partial charge in [0, 0.05) is 42.4 Å². The molecule has 2 heteroatoms. The van der Waals surface area contributed by atoms with E-state index < -0.39 is 0 Å². The Balaban J connectivity index is 1.16. The number of hydrogen-bond donors (Lipinski definition) is 0. The van der Waals surface area contributed by atoms with Crippen molar-refractivity contribution in [3.63, 3.8) is 0 Å². The van der Waals surface area contributed by atoms with Gasteiger partial charge in [-0.2, -0.15) is 0 Å². The molecule has 44 heavy (non-hydrogen) atoms. The molecule has 0 bridgehead atoms. The van der Waals surface area contributed by atoms with Crippen molar-refractivity contribution in [2.75, 3.05) is 23.9 Å². The number of para-hydroxylation sites is 2. The van der Waals surface area contributed by atoms with Crippen molar-refractivity contribution in [2.45, 2.75) is 0 Å². The highest BCUT2D eigenvalue weighted by molar-refractivity contribution is 6.04. The molecule has 212 valence electrons. The molecule has 0 fully saturated rings. The summed E-state index contributed by atoms with van der Waals surface area (Å²) < 4.78 is 0. The van der Waals surface area contributed by atoms with Crippen LogP contribution < -0.4 is 9.80 Å². The summed E-state index contributed by atoms with van der Waals surface area (Å²) >= 11 is 0. The summed E-state index contributed by atoms with van der Waals surface area (Å²) in [7, 11) is 4.25. The highest BCUT2D eigenvalue weighted by atomic mass is 15.1. The van der Waals surface area contributed by atoms with E-state index in [9.17, 15) is 0 Å². The Morgan fingerprint density at radius 2 is 0.727 bits per heavy atom. The predicted molar refractivity (Wildman–Crippen MR) is 189 cm³/mol. The number of rotatable bonds is 7. The molecule has 0 aliphatic carbocycles. The van der Waals surface area contributed by atoms with Crippen LogP contribution in [0.25, 0.3) is 44.2 Å². The first-order valence-electron chi connectivity index (χ1n) is 15.1. The van der Waals surface area contributed by atoms with E-state index in [4.69, 9.17) is 0 Å². The summed E-state index contributed by atoms with van der Waals surface area (Å²) in [5.74, 6) is 0. The Kier molecular flexibility index (Phi) is 7.40. The fraction of sp³-hybridized carbons (Fsp3) is 0.0476. The van der Waals surface area contributed by atoms with E-state index in [2.05, 4.69) is 188 Å². The molecule has 0 spiro atoms. The second kappa shape index (κ2) is 11.9. The molecule has 0 radical (unpaired) electrons. The van der Waals surface area contributed by atoms with Crippen molar-refractivity contribution in [2.24, 2.45) is 0 Å². The van der Waals surface area contributed by atoms with Gasteiger partial charge in [-0.3, -0.25) is 0 Å². The van der Waals surface area contributed by atoms with Crippen LogP contribution in [0.1, 0.15) is 0 Å². The molecule has 7 aromatic rings. The van der Waals surface area contributed by atoms with Crippen LogP contribution in [0.3, 0.4) is 0 Å². The van der Waals surface area contributed by atoms with Crippen molar-refractivity contribution in [3.05, 3.63) is 170 Å². The Labute approximate surface area is 260 Å². The van der Waals surface area contributed by atoms with Crippen LogP contribution in [0.5, 0.6) is 0 Å². The second-order valence-corrected chi connectivity index (χ2v) is 11.2. The summed E-state index contributed by atoms with van der Waals surface area (Å²) in [5.41, 5.74) is 12.0. The smallest absolute Gasteiger partial charge is 0.0494 e. The van der Waals surface area contributed by atoms with Crippen LogP contribution in [-0.2, 0) is 0 Å². The fourth-order valence-corrected chi connectivity index (χ4v) is 6.00. The molecule has 0 aliphatic rings. The first-order valence-corrected chi connectivity index (χ1v) is 15.1. The maximum Gasteiger partial charge on any atom is 0.0494 e. The zero-order valence-electron chi connectivity index (χ0n) is 25.1. The molecule has 7 rings (SSSR count). The predicted octanol–water partition coefficient (Wildman–Crippen LogP) is 11.4. The van der Waals surface area contributed by atoms with Gasteiger partial charge in [-0.1, -0.05) is 127 Å². The third-order valence-corrected chi connectivity index (χ3v) is 8.54. The van der Waals surface area contributed by atoms with Gasteiger partial charge in [0.05, 0.1) is 0 Å². The molecule has 0 aliphatic heterocycles. The number of hydrogen-bond acceptors (Lipinski definition) is 2. The topological polar surface area (TPSA) is 6.48 Å². The molecule has 7 aromatic carbocycles. The minimum absolute atomic E-state index is 1.17. The fourth-order valence-electron chi connectivity index (χ4n) is 6.00. The Bertz CT molecular complexity index is 2000. The maximum absolute atomic E-state index is 2.28. The van der Waals surface area contributed by atoms with Gasteiger partial charge in [0.25, 0.3) is 0 Å². The van der Waals surface area contributed by atoms with Crippen molar-refractivity contribution in [1.82, 2.24) is 0 Å². The minimum atomic E-state index is 1.17. The summed E-state index contributed by atoms with van der Waals surface area (Å²) in [4.78, 5) is 4.48. The van der Waals surface area contributed by atoms with E-state index in [0.717, 1.165) is 0 Å². The van der Waals surface area contributed by atoms with Crippen molar-refractivity contribution in [3.8, 4) is 33.4 Å². The van der Waals surface area contributed by atoms with Crippen LogP contribution in [0.4, 0.5) is 22.7 Å². The van der Waals surface area contributed by atoms with Gasteiger partial charge >= 0.3 is 0 Å². The van der Waals surface area contributed by atoms with E-state index in [1.807, 2.05) is 6.07 Å². The van der Waals surface area contributed by atoms with E-state index in [-0.39, 0.29) is 0 Å². The van der Waals surface area contributed by atoms with E-state index in [0.29, 0.717) is 0 Å². The van der Waals surface area contributed by atoms with Crippen LogP contribution in [0, 0.1) is 0 Å². The maximum atomic E-state index is 2.28. The van der Waals surface area contributed by atoms with Crippen molar-refractivity contribution >= 4 is 33.5 Å². The van der Waals surface area contributed by atoms with Gasteiger partial charge in [0.15, 0.2) is 0 Å². The first kappa shape index (κ1) is 27.2. The van der Waals surface area contributed by atoms with Crippen molar-refractivity contribution < 1.29 is 0 Å². The average molecular weight is 567 g/mol. The SMILES string of the molecule is CN(c1ccccc1)c1ccc(-c2ccc(-c3ccc(-c4c(N(C)c5ccccc5)ccc5ccccc45)cc3)cc2)cc1. The lowest BCUT2D eigenvalue weighted by Crippen LogP contribution is -2.10. The molecule has 0 atom stereocenters. The number of benzene rings is 7. The number of nitrogens with zero attached hydrogens (tertiary/aromatic N) is 2. The normalized spacial score (nSPS) is 11.0. The lowest BCUT2D eigenvalue weighted by Gasteiger charge is -2.24. The highest BCUT2D eigenvalue weighted by Gasteiger charge is 2.15. The van der Waals surface area contributed by atoms with Crippen LogP contribution in [0.2, 0.25) is 0 Å².